The van der Waals surface area contributed by atoms with Crippen LogP contribution in [0, 0.1) is 0 Å². The predicted octanol–water partition coefficient (Wildman–Crippen LogP) is 34.9. The van der Waals surface area contributed by atoms with Gasteiger partial charge in [0.2, 0.25) is 17.1 Å². The topological polar surface area (TPSA) is 181 Å². The van der Waals surface area contributed by atoms with Gasteiger partial charge in [-0.2, -0.15) is 15.0 Å². The molecule has 0 amide bonds. The van der Waals surface area contributed by atoms with Gasteiger partial charge in [-0.15, -0.1) is 0 Å². The van der Waals surface area contributed by atoms with Crippen LogP contribution in [0.15, 0.2) is 517 Å². The number of aromatic nitrogens is 11. The van der Waals surface area contributed by atoms with E-state index in [0.717, 1.165) is 183 Å². The molecule has 29 rings (SSSR count). The molecule has 0 spiro atoms. The highest BCUT2D eigenvalue weighted by Crippen LogP contribution is 2.46. The minimum atomic E-state index is 0.549. The second-order valence-electron chi connectivity index (χ2n) is 36.9. The number of rotatable bonds is 15. The van der Waals surface area contributed by atoms with Crippen molar-refractivity contribution in [2.75, 3.05) is 0 Å². The van der Waals surface area contributed by atoms with Crippen LogP contribution in [-0.2, 0) is 0 Å². The van der Waals surface area contributed by atoms with Gasteiger partial charge in [-0.3, -0.25) is 0 Å². The Labute approximate surface area is 855 Å². The summed E-state index contributed by atoms with van der Waals surface area (Å²) in [6, 6.07) is 173. The molecular formula is C135H83N11O3. The molecular weight excluding hydrogens is 1820 g/mol. The van der Waals surface area contributed by atoms with Crippen LogP contribution in [0.1, 0.15) is 0 Å². The molecule has 21 aromatic carbocycles. The van der Waals surface area contributed by atoms with Gasteiger partial charge < -0.3 is 13.3 Å². The van der Waals surface area contributed by atoms with Crippen LogP contribution in [0.25, 0.3) is 289 Å². The molecule has 0 unspecified atom stereocenters. The Hall–Kier alpha value is -20.3. The van der Waals surface area contributed by atoms with E-state index >= 15 is 0 Å². The van der Waals surface area contributed by atoms with Crippen LogP contribution >= 0.6 is 0 Å². The lowest BCUT2D eigenvalue weighted by atomic mass is 9.91. The van der Waals surface area contributed by atoms with E-state index in [-0.39, 0.29) is 0 Å². The monoisotopic (exact) mass is 1910 g/mol. The number of benzene rings is 21. The summed E-state index contributed by atoms with van der Waals surface area (Å²) in [5.74, 6) is 4.35. The van der Waals surface area contributed by atoms with Crippen LogP contribution < -0.4 is 0 Å². The second-order valence-corrected chi connectivity index (χ2v) is 36.9. The highest BCUT2D eigenvalue weighted by atomic mass is 16.3. The van der Waals surface area contributed by atoms with Crippen molar-refractivity contribution >= 4 is 120 Å². The first-order valence-corrected chi connectivity index (χ1v) is 49.6. The standard InChI is InChI=1S/C46H28N4O.C46H28N2O.C43H27N5O/c1-2-14-32(15-3-1)45-49-43(42-38-20-8-9-23-41(38)51-46(42)50-45)31-24-26-33(27-25-31)44-47-39(36-21-10-16-29-12-4-6-18-34(29)36)28-40(48-44)37-22-11-17-30-13-5-7-19-35(30)37;1-3-19-35-29(12-1)14-11-24-39(35)44-43-40-23-7-8-25-42(40)49-46(43)48-45(47-44)34-18-10-16-31(27-34)30-15-9-17-32(26-30)41-28-33-13-2-4-20-36(33)37-21-5-6-22-38(37)41;1-4-13-28(14-5-1)33-19-12-20-34(27-33)42-44-38(37-35-21-10-11-22-36(35)49-43(37)48-42)29-23-25-32(26-24-29)41-46-39(30-15-6-2-7-16-30)45-40(47-41)31-17-8-3-9-18-31/h1-28H;1-28H;1-27H. The molecule has 0 bridgehead atoms. The van der Waals surface area contributed by atoms with Gasteiger partial charge >= 0.3 is 0 Å². The van der Waals surface area contributed by atoms with Crippen LogP contribution in [0.5, 0.6) is 0 Å². The third kappa shape index (κ3) is 16.7. The average molecular weight is 1910 g/mol. The van der Waals surface area contributed by atoms with Crippen molar-refractivity contribution in [2.24, 2.45) is 0 Å². The number of furan rings is 3. The zero-order chi connectivity index (χ0) is 98.6. The van der Waals surface area contributed by atoms with E-state index in [2.05, 4.69) is 315 Å². The summed E-state index contributed by atoms with van der Waals surface area (Å²) in [5.41, 5.74) is 26.7. The lowest BCUT2D eigenvalue weighted by molar-refractivity contribution is 0.653. The molecule has 0 saturated carbocycles. The van der Waals surface area contributed by atoms with Crippen molar-refractivity contribution < 1.29 is 13.3 Å². The lowest BCUT2D eigenvalue weighted by Crippen LogP contribution is -2.00. The molecule has 0 aliphatic rings. The molecule has 14 nitrogen and oxygen atoms in total. The summed E-state index contributed by atoms with van der Waals surface area (Å²) >= 11 is 0. The second kappa shape index (κ2) is 37.8. The van der Waals surface area contributed by atoms with E-state index < -0.39 is 0 Å². The van der Waals surface area contributed by atoms with Crippen molar-refractivity contribution in [1.82, 2.24) is 54.8 Å². The quantitative estimate of drug-likeness (QED) is 0.0884. The Bertz CT molecular complexity index is 10100. The summed E-state index contributed by atoms with van der Waals surface area (Å²) in [6.45, 7) is 0. The molecule has 0 N–H and O–H groups in total. The first-order valence-electron chi connectivity index (χ1n) is 49.6. The summed E-state index contributed by atoms with van der Waals surface area (Å²) in [7, 11) is 0. The van der Waals surface area contributed by atoms with Crippen molar-refractivity contribution in [3.8, 4) is 169 Å². The van der Waals surface area contributed by atoms with Crippen molar-refractivity contribution in [2.45, 2.75) is 0 Å². The van der Waals surface area contributed by atoms with Crippen LogP contribution in [-0.4, -0.2) is 54.8 Å². The molecule has 0 radical (unpaired) electrons. The Balaban J connectivity index is 0.000000110. The number of fused-ring (bicyclic) bond motifs is 15. The minimum absolute atomic E-state index is 0.549. The zero-order valence-corrected chi connectivity index (χ0v) is 80.1. The van der Waals surface area contributed by atoms with Crippen molar-refractivity contribution in [3.63, 3.8) is 0 Å². The average Bonchev–Trinajstić information content (AvgIpc) is 1.57. The van der Waals surface area contributed by atoms with Gasteiger partial charge in [0.15, 0.2) is 40.8 Å². The van der Waals surface area contributed by atoms with Crippen molar-refractivity contribution in [3.05, 3.63) is 504 Å². The van der Waals surface area contributed by atoms with Gasteiger partial charge in [0.1, 0.15) is 16.7 Å². The number of hydrogen-bond donors (Lipinski definition) is 0. The van der Waals surface area contributed by atoms with Crippen LogP contribution in [0.2, 0.25) is 0 Å². The maximum Gasteiger partial charge on any atom is 0.231 e. The maximum absolute atomic E-state index is 6.38. The fourth-order valence-electron chi connectivity index (χ4n) is 20.6. The minimum Gasteiger partial charge on any atom is -0.438 e. The van der Waals surface area contributed by atoms with Gasteiger partial charge in [-0.05, 0) is 136 Å². The first-order chi connectivity index (χ1) is 73.8. The Morgan fingerprint density at radius 3 is 0.832 bits per heavy atom. The Kier molecular flexibility index (Phi) is 22.3. The molecule has 29 aromatic rings. The highest BCUT2D eigenvalue weighted by molar-refractivity contribution is 6.17. The number of para-hydroxylation sites is 3. The summed E-state index contributed by atoms with van der Waals surface area (Å²) in [6.07, 6.45) is 0. The van der Waals surface area contributed by atoms with Crippen LogP contribution in [0.3, 0.4) is 0 Å². The molecule has 149 heavy (non-hydrogen) atoms. The lowest BCUT2D eigenvalue weighted by Gasteiger charge is -2.13. The SMILES string of the molecule is c1cc(-c2cccc(-c3cc4ccccc4c4ccccc34)c2)cc(-c2nc(-c3cccc4ccccc34)c3c(n2)oc2ccccc23)c1.c1ccc(-c2cccc(-c3nc(-c4ccc(-c5nc(-c6ccccc6)nc(-c6ccccc6)n5)cc4)c4c(n3)oc3ccccc34)c2)cc1.c1ccc(-c2nc(-c3ccc(-c4nc(-c5cccc6ccccc56)cc(-c5cccc6ccccc56)n4)cc3)c3c(n2)oc2ccccc23)cc1. The van der Waals surface area contributed by atoms with E-state index in [9.17, 15) is 0 Å². The molecule has 696 valence electrons. The molecule has 8 heterocycles. The van der Waals surface area contributed by atoms with Crippen LogP contribution in [0.4, 0.5) is 0 Å². The molecule has 0 fully saturated rings. The Morgan fingerprint density at radius 2 is 0.396 bits per heavy atom. The molecule has 0 atom stereocenters. The molecule has 0 aliphatic heterocycles. The van der Waals surface area contributed by atoms with E-state index in [4.69, 9.17) is 68.1 Å². The molecule has 0 aliphatic carbocycles. The van der Waals surface area contributed by atoms with E-state index in [1.165, 1.54) is 48.8 Å². The third-order valence-corrected chi connectivity index (χ3v) is 27.8. The summed E-state index contributed by atoms with van der Waals surface area (Å²) in [4.78, 5) is 55.5. The van der Waals surface area contributed by atoms with E-state index in [0.29, 0.717) is 57.9 Å². The Morgan fingerprint density at radius 1 is 0.128 bits per heavy atom. The van der Waals surface area contributed by atoms with Gasteiger partial charge in [-0.1, -0.05) is 455 Å². The smallest absolute Gasteiger partial charge is 0.231 e. The first kappa shape index (κ1) is 87.6. The van der Waals surface area contributed by atoms with Gasteiger partial charge in [0.25, 0.3) is 0 Å². The van der Waals surface area contributed by atoms with Gasteiger partial charge in [0.05, 0.1) is 44.6 Å². The van der Waals surface area contributed by atoms with Crippen molar-refractivity contribution in [1.29, 1.82) is 0 Å². The highest BCUT2D eigenvalue weighted by Gasteiger charge is 2.26. The van der Waals surface area contributed by atoms with E-state index in [1.807, 2.05) is 188 Å². The molecule has 8 aromatic heterocycles. The van der Waals surface area contributed by atoms with E-state index in [1.54, 1.807) is 0 Å². The van der Waals surface area contributed by atoms with Gasteiger partial charge in [0, 0.05) is 82.9 Å². The largest absolute Gasteiger partial charge is 0.438 e. The number of nitrogens with zero attached hydrogens (tertiary/aromatic N) is 11. The fourth-order valence-corrected chi connectivity index (χ4v) is 20.6. The maximum atomic E-state index is 6.38. The number of hydrogen-bond acceptors (Lipinski definition) is 14. The summed E-state index contributed by atoms with van der Waals surface area (Å²) < 4.78 is 19.0. The normalized spacial score (nSPS) is 11.5. The van der Waals surface area contributed by atoms with Gasteiger partial charge in [-0.25, -0.2) is 39.9 Å². The fraction of sp³-hybridized carbons (Fsp3) is 0. The third-order valence-electron chi connectivity index (χ3n) is 27.8. The molecule has 0 saturated heterocycles. The zero-order valence-electron chi connectivity index (χ0n) is 80.1. The summed E-state index contributed by atoms with van der Waals surface area (Å²) in [5, 5.41) is 17.7. The molecule has 14 heteroatoms. The predicted molar refractivity (Wildman–Crippen MR) is 606 cm³/mol.